The Kier molecular flexibility index (Phi) is 7.72. The van der Waals surface area contributed by atoms with E-state index in [-0.39, 0.29) is 6.29 Å². The summed E-state index contributed by atoms with van der Waals surface area (Å²) in [6, 6.07) is 0. The summed E-state index contributed by atoms with van der Waals surface area (Å²) < 4.78 is 16.2. The summed E-state index contributed by atoms with van der Waals surface area (Å²) in [4.78, 5) is 2.36. The molecule has 1 aliphatic rings. The highest BCUT2D eigenvalue weighted by Crippen LogP contribution is 2.14. The Bertz CT molecular complexity index is 181. The van der Waals surface area contributed by atoms with Gasteiger partial charge in [-0.1, -0.05) is 0 Å². The lowest BCUT2D eigenvalue weighted by atomic mass is 10.1. The first-order valence-electron chi connectivity index (χ1n) is 6.39. The van der Waals surface area contributed by atoms with Crippen molar-refractivity contribution in [3.05, 3.63) is 0 Å². The van der Waals surface area contributed by atoms with E-state index in [1.54, 1.807) is 14.2 Å². The first-order chi connectivity index (χ1) is 8.30. The minimum atomic E-state index is -0.121. The minimum Gasteiger partial charge on any atom is -0.378 e. The van der Waals surface area contributed by atoms with Gasteiger partial charge in [-0.2, -0.15) is 0 Å². The SMILES string of the molecule is COC(CN1CCC(OCCCN)CC1)OC. The van der Waals surface area contributed by atoms with Crippen molar-refractivity contribution in [3.63, 3.8) is 0 Å². The standard InChI is InChI=1S/C12H26N2O3/c1-15-12(16-2)10-14-7-4-11(5-8-14)17-9-3-6-13/h11-12H,3-10,13H2,1-2H3. The largest absolute Gasteiger partial charge is 0.378 e. The summed E-state index contributed by atoms with van der Waals surface area (Å²) in [6.07, 6.45) is 3.41. The lowest BCUT2D eigenvalue weighted by molar-refractivity contribution is -0.121. The van der Waals surface area contributed by atoms with Gasteiger partial charge in [-0.3, -0.25) is 4.90 Å². The van der Waals surface area contributed by atoms with Gasteiger partial charge in [0.15, 0.2) is 6.29 Å². The number of hydrogen-bond donors (Lipinski definition) is 1. The van der Waals surface area contributed by atoms with Crippen LogP contribution >= 0.6 is 0 Å². The van der Waals surface area contributed by atoms with Crippen molar-refractivity contribution < 1.29 is 14.2 Å². The van der Waals surface area contributed by atoms with Crippen LogP contribution in [0.2, 0.25) is 0 Å². The second-order valence-electron chi connectivity index (χ2n) is 4.41. The zero-order chi connectivity index (χ0) is 12.5. The quantitative estimate of drug-likeness (QED) is 0.497. The van der Waals surface area contributed by atoms with Crippen molar-refractivity contribution in [3.8, 4) is 0 Å². The summed E-state index contributed by atoms with van der Waals surface area (Å²) in [5, 5.41) is 0. The maximum absolute atomic E-state index is 5.76. The fourth-order valence-electron chi connectivity index (χ4n) is 2.05. The van der Waals surface area contributed by atoms with Crippen LogP contribution in [0, 0.1) is 0 Å². The molecule has 5 heteroatoms. The Morgan fingerprint density at radius 2 is 1.88 bits per heavy atom. The lowest BCUT2D eigenvalue weighted by Crippen LogP contribution is -2.42. The highest BCUT2D eigenvalue weighted by molar-refractivity contribution is 4.73. The molecule has 1 saturated heterocycles. The minimum absolute atomic E-state index is 0.121. The molecule has 1 fully saturated rings. The molecule has 0 atom stereocenters. The van der Waals surface area contributed by atoms with E-state index in [0.717, 1.165) is 45.5 Å². The van der Waals surface area contributed by atoms with E-state index in [2.05, 4.69) is 4.90 Å². The Labute approximate surface area is 104 Å². The van der Waals surface area contributed by atoms with Gasteiger partial charge in [-0.25, -0.2) is 0 Å². The molecule has 0 radical (unpaired) electrons. The first-order valence-corrected chi connectivity index (χ1v) is 6.39. The van der Waals surface area contributed by atoms with Crippen LogP contribution in [0.1, 0.15) is 19.3 Å². The van der Waals surface area contributed by atoms with Gasteiger partial charge in [0.25, 0.3) is 0 Å². The Morgan fingerprint density at radius 1 is 1.24 bits per heavy atom. The fraction of sp³-hybridized carbons (Fsp3) is 1.00. The molecule has 0 aromatic carbocycles. The number of nitrogens with two attached hydrogens (primary N) is 1. The molecule has 0 spiro atoms. The van der Waals surface area contributed by atoms with E-state index in [0.29, 0.717) is 12.6 Å². The number of piperidine rings is 1. The molecule has 102 valence electrons. The molecule has 0 bridgehead atoms. The topological polar surface area (TPSA) is 57.0 Å². The van der Waals surface area contributed by atoms with Crippen molar-refractivity contribution in [1.82, 2.24) is 4.90 Å². The van der Waals surface area contributed by atoms with Crippen molar-refractivity contribution in [2.45, 2.75) is 31.7 Å². The molecule has 0 unspecified atom stereocenters. The van der Waals surface area contributed by atoms with Gasteiger partial charge >= 0.3 is 0 Å². The smallest absolute Gasteiger partial charge is 0.169 e. The van der Waals surface area contributed by atoms with Crippen molar-refractivity contribution in [2.24, 2.45) is 5.73 Å². The summed E-state index contributed by atoms with van der Waals surface area (Å²) >= 11 is 0. The number of methoxy groups -OCH3 is 2. The Hall–Kier alpha value is -0.200. The highest BCUT2D eigenvalue weighted by atomic mass is 16.7. The van der Waals surface area contributed by atoms with E-state index in [1.807, 2.05) is 0 Å². The predicted molar refractivity (Wildman–Crippen MR) is 66.9 cm³/mol. The van der Waals surface area contributed by atoms with Crippen LogP contribution in [0.5, 0.6) is 0 Å². The average Bonchev–Trinajstić information content (AvgIpc) is 2.38. The van der Waals surface area contributed by atoms with E-state index >= 15 is 0 Å². The molecule has 0 amide bonds. The van der Waals surface area contributed by atoms with E-state index in [9.17, 15) is 0 Å². The monoisotopic (exact) mass is 246 g/mol. The number of hydrogen-bond acceptors (Lipinski definition) is 5. The van der Waals surface area contributed by atoms with Gasteiger partial charge < -0.3 is 19.9 Å². The summed E-state index contributed by atoms with van der Waals surface area (Å²) in [7, 11) is 3.35. The van der Waals surface area contributed by atoms with Crippen LogP contribution in [0.15, 0.2) is 0 Å². The van der Waals surface area contributed by atoms with Crippen molar-refractivity contribution in [1.29, 1.82) is 0 Å². The van der Waals surface area contributed by atoms with Crippen molar-refractivity contribution >= 4 is 0 Å². The van der Waals surface area contributed by atoms with Crippen LogP contribution < -0.4 is 5.73 Å². The second-order valence-corrected chi connectivity index (χ2v) is 4.41. The maximum atomic E-state index is 5.76. The molecule has 0 aliphatic carbocycles. The Morgan fingerprint density at radius 3 is 2.41 bits per heavy atom. The number of ether oxygens (including phenoxy) is 3. The third kappa shape index (κ3) is 5.79. The third-order valence-corrected chi connectivity index (χ3v) is 3.17. The first kappa shape index (κ1) is 14.9. The van der Waals surface area contributed by atoms with Gasteiger partial charge in [0.2, 0.25) is 0 Å². The van der Waals surface area contributed by atoms with Crippen LogP contribution in [0.3, 0.4) is 0 Å². The van der Waals surface area contributed by atoms with E-state index < -0.39 is 0 Å². The molecule has 0 saturated carbocycles. The van der Waals surface area contributed by atoms with Crippen LogP contribution in [0.25, 0.3) is 0 Å². The highest BCUT2D eigenvalue weighted by Gasteiger charge is 2.21. The maximum Gasteiger partial charge on any atom is 0.169 e. The summed E-state index contributed by atoms with van der Waals surface area (Å²) in [6.45, 7) is 4.44. The predicted octanol–water partition coefficient (Wildman–Crippen LogP) is 0.435. The molecule has 1 heterocycles. The van der Waals surface area contributed by atoms with Crippen molar-refractivity contribution in [2.75, 3.05) is 47.0 Å². The lowest BCUT2D eigenvalue weighted by Gasteiger charge is -2.33. The van der Waals surface area contributed by atoms with E-state index in [1.165, 1.54) is 0 Å². The molecule has 0 aromatic heterocycles. The van der Waals surface area contributed by atoms with Crippen LogP contribution in [-0.4, -0.2) is 64.3 Å². The molecular weight excluding hydrogens is 220 g/mol. The Balaban J connectivity index is 2.12. The van der Waals surface area contributed by atoms with E-state index in [4.69, 9.17) is 19.9 Å². The molecule has 0 aromatic rings. The second kappa shape index (κ2) is 8.83. The molecule has 2 N–H and O–H groups in total. The zero-order valence-corrected chi connectivity index (χ0v) is 11.1. The fourth-order valence-corrected chi connectivity index (χ4v) is 2.05. The van der Waals surface area contributed by atoms with Gasteiger partial charge in [0.05, 0.1) is 6.10 Å². The number of nitrogens with zero attached hydrogens (tertiary/aromatic N) is 1. The molecular formula is C12H26N2O3. The summed E-state index contributed by atoms with van der Waals surface area (Å²) in [5.41, 5.74) is 5.44. The third-order valence-electron chi connectivity index (χ3n) is 3.17. The molecule has 1 rings (SSSR count). The summed E-state index contributed by atoms with van der Waals surface area (Å²) in [5.74, 6) is 0. The molecule has 5 nitrogen and oxygen atoms in total. The van der Waals surface area contributed by atoms with Crippen LogP contribution in [-0.2, 0) is 14.2 Å². The zero-order valence-electron chi connectivity index (χ0n) is 11.1. The van der Waals surface area contributed by atoms with Gasteiger partial charge in [-0.15, -0.1) is 0 Å². The van der Waals surface area contributed by atoms with Gasteiger partial charge in [-0.05, 0) is 25.8 Å². The molecule has 17 heavy (non-hydrogen) atoms. The molecule has 1 aliphatic heterocycles. The van der Waals surface area contributed by atoms with Gasteiger partial charge in [0.1, 0.15) is 0 Å². The normalized spacial score (nSPS) is 19.1. The average molecular weight is 246 g/mol. The van der Waals surface area contributed by atoms with Gasteiger partial charge in [0, 0.05) is 40.5 Å². The van der Waals surface area contributed by atoms with Crippen LogP contribution in [0.4, 0.5) is 0 Å². The number of rotatable bonds is 8. The number of likely N-dealkylation sites (tertiary alicyclic amines) is 1.